The number of aldehydes is 1. The second-order valence-electron chi connectivity index (χ2n) is 2.39. The van der Waals surface area contributed by atoms with Crippen molar-refractivity contribution in [1.82, 2.24) is 0 Å². The molecule has 0 saturated carbocycles. The third-order valence-electron chi connectivity index (χ3n) is 1.53. The van der Waals surface area contributed by atoms with Crippen LogP contribution in [0.25, 0.3) is 0 Å². The van der Waals surface area contributed by atoms with E-state index in [1.165, 1.54) is 11.8 Å². The van der Waals surface area contributed by atoms with E-state index in [-0.39, 0.29) is 0 Å². The van der Waals surface area contributed by atoms with Crippen molar-refractivity contribution in [2.24, 2.45) is 0 Å². The van der Waals surface area contributed by atoms with Gasteiger partial charge in [0.2, 0.25) is 0 Å². The van der Waals surface area contributed by atoms with Crippen LogP contribution in [0.15, 0.2) is 0 Å². The van der Waals surface area contributed by atoms with Gasteiger partial charge in [0.1, 0.15) is 10.4 Å². The van der Waals surface area contributed by atoms with Crippen LogP contribution in [0.1, 0.15) is 13.3 Å². The molecule has 58 valence electrons. The average molecular weight is 178 g/mol. The Morgan fingerprint density at radius 3 is 2.80 bits per heavy atom. The van der Waals surface area contributed by atoms with Gasteiger partial charge < -0.3 is 4.79 Å². The summed E-state index contributed by atoms with van der Waals surface area (Å²) in [5.74, 6) is 1.64. The minimum absolute atomic E-state index is 0.613. The molecule has 1 rings (SSSR count). The highest BCUT2D eigenvalue weighted by molar-refractivity contribution is 8.14. The summed E-state index contributed by atoms with van der Waals surface area (Å²) in [6.45, 7) is 1.75. The molecule has 0 bridgehead atoms. The molecule has 2 nitrogen and oxygen atoms in total. The minimum Gasteiger partial charge on any atom is -0.301 e. The van der Waals surface area contributed by atoms with Gasteiger partial charge in [-0.05, 0) is 19.1 Å². The lowest BCUT2D eigenvalue weighted by atomic mass is 10.5. The molecule has 0 N–H and O–H groups in total. The van der Waals surface area contributed by atoms with Crippen molar-refractivity contribution in [3.05, 3.63) is 0 Å². The van der Waals surface area contributed by atoms with Crippen LogP contribution in [0, 0.1) is 0 Å². The van der Waals surface area contributed by atoms with Gasteiger partial charge in [-0.2, -0.15) is 0 Å². The second-order valence-corrected chi connectivity index (χ2v) is 6.14. The Hall–Kier alpha value is 0.170. The van der Waals surface area contributed by atoms with Crippen LogP contribution in [0.5, 0.6) is 0 Å². The van der Waals surface area contributed by atoms with E-state index in [1.807, 2.05) is 0 Å². The van der Waals surface area contributed by atoms with Crippen LogP contribution >= 0.6 is 11.8 Å². The summed E-state index contributed by atoms with van der Waals surface area (Å²) in [7, 11) is -0.949. The molecule has 1 aliphatic rings. The zero-order valence-corrected chi connectivity index (χ0v) is 7.46. The Balaban J connectivity index is 2.72. The van der Waals surface area contributed by atoms with Crippen molar-refractivity contribution in [2.45, 2.75) is 17.4 Å². The second kappa shape index (κ2) is 3.05. The third-order valence-corrected chi connectivity index (χ3v) is 5.26. The maximum atomic E-state index is 11.2. The molecule has 0 aromatic heterocycles. The number of carbonyl (C=O) groups is 1. The van der Waals surface area contributed by atoms with E-state index < -0.39 is 14.9 Å². The fourth-order valence-corrected chi connectivity index (χ4v) is 3.71. The normalized spacial score (nSPS) is 41.1. The zero-order valence-electron chi connectivity index (χ0n) is 5.83. The van der Waals surface area contributed by atoms with Gasteiger partial charge in [0.05, 0.1) is 0 Å². The van der Waals surface area contributed by atoms with Crippen LogP contribution < -0.4 is 0 Å². The molecule has 0 aromatic rings. The van der Waals surface area contributed by atoms with Crippen LogP contribution in [0.3, 0.4) is 0 Å². The molecule has 10 heavy (non-hydrogen) atoms. The lowest BCUT2D eigenvalue weighted by Crippen LogP contribution is -2.34. The Bertz CT molecular complexity index is 169. The number of thioether (sulfide) groups is 1. The van der Waals surface area contributed by atoms with Crippen molar-refractivity contribution >= 4 is 28.8 Å². The summed E-state index contributed by atoms with van der Waals surface area (Å²) >= 11 is 1.51. The van der Waals surface area contributed by atoms with Gasteiger partial charge in [0, 0.05) is 16.6 Å². The van der Waals surface area contributed by atoms with E-state index in [1.54, 1.807) is 6.92 Å². The fourth-order valence-electron chi connectivity index (χ4n) is 0.821. The Morgan fingerprint density at radius 1 is 1.70 bits per heavy atom. The van der Waals surface area contributed by atoms with E-state index in [2.05, 4.69) is 0 Å². The van der Waals surface area contributed by atoms with Crippen molar-refractivity contribution < 1.29 is 9.00 Å². The predicted molar refractivity (Wildman–Crippen MR) is 44.6 cm³/mol. The molecular weight excluding hydrogens is 168 g/mol. The van der Waals surface area contributed by atoms with Gasteiger partial charge in [0.25, 0.3) is 0 Å². The third kappa shape index (κ3) is 1.42. The van der Waals surface area contributed by atoms with Gasteiger partial charge in [-0.3, -0.25) is 4.21 Å². The van der Waals surface area contributed by atoms with Gasteiger partial charge in [-0.25, -0.2) is 0 Å². The van der Waals surface area contributed by atoms with Crippen LogP contribution in [0.2, 0.25) is 0 Å². The SMILES string of the molecule is C[C@]1(C=O)SCCCS1=O. The molecular formula is C6H10O2S2. The molecule has 1 fully saturated rings. The molecule has 0 radical (unpaired) electrons. The Labute approximate surface area is 67.2 Å². The summed E-state index contributed by atoms with van der Waals surface area (Å²) in [5.41, 5.74) is 0. The first-order valence-corrected chi connectivity index (χ1v) is 5.48. The smallest absolute Gasteiger partial charge is 0.148 e. The van der Waals surface area contributed by atoms with E-state index in [9.17, 15) is 9.00 Å². The predicted octanol–water partition coefficient (Wildman–Crippen LogP) is 0.787. The van der Waals surface area contributed by atoms with Gasteiger partial charge in [-0.15, -0.1) is 11.8 Å². The van der Waals surface area contributed by atoms with Crippen molar-refractivity contribution in [1.29, 1.82) is 0 Å². The number of hydrogen-bond donors (Lipinski definition) is 0. The van der Waals surface area contributed by atoms with Crippen LogP contribution in [0.4, 0.5) is 0 Å². The zero-order chi connectivity index (χ0) is 7.61. The van der Waals surface area contributed by atoms with Gasteiger partial charge in [0.15, 0.2) is 0 Å². The molecule has 1 saturated heterocycles. The molecule has 0 aromatic carbocycles. The maximum absolute atomic E-state index is 11.2. The first-order chi connectivity index (χ1) is 4.69. The van der Waals surface area contributed by atoms with Crippen LogP contribution in [-0.2, 0) is 15.6 Å². The first-order valence-electron chi connectivity index (χ1n) is 3.18. The maximum Gasteiger partial charge on any atom is 0.148 e. The lowest BCUT2D eigenvalue weighted by molar-refractivity contribution is -0.107. The molecule has 0 aliphatic carbocycles. The van der Waals surface area contributed by atoms with E-state index in [0.29, 0.717) is 5.75 Å². The average Bonchev–Trinajstić information content (AvgIpc) is 1.96. The van der Waals surface area contributed by atoms with E-state index >= 15 is 0 Å². The monoisotopic (exact) mass is 178 g/mol. The fraction of sp³-hybridized carbons (Fsp3) is 0.833. The van der Waals surface area contributed by atoms with Crippen LogP contribution in [-0.4, -0.2) is 26.1 Å². The molecule has 1 heterocycles. The highest BCUT2D eigenvalue weighted by Gasteiger charge is 2.34. The summed E-state index contributed by atoms with van der Waals surface area (Å²) < 4.78 is 10.6. The summed E-state index contributed by atoms with van der Waals surface area (Å²) in [6.07, 6.45) is 1.79. The number of hydrogen-bond acceptors (Lipinski definition) is 3. The highest BCUT2D eigenvalue weighted by atomic mass is 32.2. The van der Waals surface area contributed by atoms with E-state index in [4.69, 9.17) is 0 Å². The summed E-state index contributed by atoms with van der Waals surface area (Å²) in [5, 5.41) is 0. The van der Waals surface area contributed by atoms with Gasteiger partial charge >= 0.3 is 0 Å². The summed E-state index contributed by atoms with van der Waals surface area (Å²) in [4.78, 5) is 10.5. The summed E-state index contributed by atoms with van der Waals surface area (Å²) in [6, 6.07) is 0. The molecule has 0 spiro atoms. The van der Waals surface area contributed by atoms with Crippen molar-refractivity contribution in [2.75, 3.05) is 11.5 Å². The standard InChI is InChI=1S/C6H10O2S2/c1-6(5-7)9-3-2-4-10(6)8/h5H,2-4H2,1H3/t6-,10?/m0/s1. The van der Waals surface area contributed by atoms with E-state index in [0.717, 1.165) is 18.5 Å². The minimum atomic E-state index is -0.949. The molecule has 1 unspecified atom stereocenters. The molecule has 1 aliphatic heterocycles. The largest absolute Gasteiger partial charge is 0.301 e. The topological polar surface area (TPSA) is 34.1 Å². The molecule has 2 atom stereocenters. The van der Waals surface area contributed by atoms with Crippen molar-refractivity contribution in [3.63, 3.8) is 0 Å². The highest BCUT2D eigenvalue weighted by Crippen LogP contribution is 2.31. The lowest BCUT2D eigenvalue weighted by Gasteiger charge is -2.25. The molecule has 0 amide bonds. The Kier molecular flexibility index (Phi) is 2.52. The number of rotatable bonds is 1. The van der Waals surface area contributed by atoms with Crippen molar-refractivity contribution in [3.8, 4) is 0 Å². The first kappa shape index (κ1) is 8.27. The number of carbonyl (C=O) groups excluding carboxylic acids is 1. The van der Waals surface area contributed by atoms with Gasteiger partial charge in [-0.1, -0.05) is 0 Å². The Morgan fingerprint density at radius 2 is 2.40 bits per heavy atom. The quantitative estimate of drug-likeness (QED) is 0.557. The molecule has 4 heteroatoms.